The van der Waals surface area contributed by atoms with Gasteiger partial charge in [0.05, 0.1) is 5.60 Å². The predicted molar refractivity (Wildman–Crippen MR) is 85.2 cm³/mol. The number of hydrogen-bond acceptors (Lipinski definition) is 2. The smallest absolute Gasteiger partial charge is 0.0685 e. The van der Waals surface area contributed by atoms with E-state index < -0.39 is 0 Å². The molecule has 114 valence electrons. The van der Waals surface area contributed by atoms with Crippen LogP contribution in [0.15, 0.2) is 24.3 Å². The summed E-state index contributed by atoms with van der Waals surface area (Å²) in [6.07, 6.45) is 9.95. The highest BCUT2D eigenvalue weighted by molar-refractivity contribution is 5.32. The molecule has 1 saturated heterocycles. The zero-order valence-corrected chi connectivity index (χ0v) is 12.9. The zero-order valence-electron chi connectivity index (χ0n) is 12.9. The average molecular weight is 285 g/mol. The predicted octanol–water partition coefficient (Wildman–Crippen LogP) is 3.47. The summed E-state index contributed by atoms with van der Waals surface area (Å²) < 4.78 is 6.18. The van der Waals surface area contributed by atoms with E-state index in [0.717, 1.165) is 13.0 Å². The molecule has 2 nitrogen and oxygen atoms in total. The first-order valence-corrected chi connectivity index (χ1v) is 8.72. The van der Waals surface area contributed by atoms with Gasteiger partial charge < -0.3 is 10.5 Å². The first-order chi connectivity index (χ1) is 10.3. The van der Waals surface area contributed by atoms with Crippen molar-refractivity contribution >= 4 is 0 Å². The van der Waals surface area contributed by atoms with E-state index in [4.69, 9.17) is 10.5 Å². The maximum Gasteiger partial charge on any atom is 0.0685 e. The Bertz CT molecular complexity index is 481. The van der Waals surface area contributed by atoms with Crippen molar-refractivity contribution < 1.29 is 4.74 Å². The van der Waals surface area contributed by atoms with Gasteiger partial charge in [-0.1, -0.05) is 37.1 Å². The first-order valence-electron chi connectivity index (χ1n) is 8.72. The van der Waals surface area contributed by atoms with Gasteiger partial charge in [0, 0.05) is 12.6 Å². The normalized spacial score (nSPS) is 29.7. The number of hydrogen-bond donors (Lipinski definition) is 1. The Morgan fingerprint density at radius 1 is 1.05 bits per heavy atom. The number of fused-ring (bicyclic) bond motifs is 1. The molecule has 1 aromatic carbocycles. The van der Waals surface area contributed by atoms with Crippen LogP contribution in [0.5, 0.6) is 0 Å². The van der Waals surface area contributed by atoms with Crippen molar-refractivity contribution in [3.8, 4) is 0 Å². The molecule has 3 aliphatic rings. The van der Waals surface area contributed by atoms with Gasteiger partial charge >= 0.3 is 0 Å². The number of rotatable bonds is 2. The molecule has 1 spiro atoms. The van der Waals surface area contributed by atoms with E-state index in [1.54, 1.807) is 0 Å². The van der Waals surface area contributed by atoms with Crippen molar-refractivity contribution in [2.24, 2.45) is 17.6 Å². The third-order valence-corrected chi connectivity index (χ3v) is 6.22. The average Bonchev–Trinajstić information content (AvgIpc) is 3.13. The van der Waals surface area contributed by atoms with Gasteiger partial charge in [-0.3, -0.25) is 0 Å². The lowest BCUT2D eigenvalue weighted by Gasteiger charge is -2.41. The van der Waals surface area contributed by atoms with Crippen molar-refractivity contribution in [3.05, 3.63) is 35.4 Å². The Hall–Kier alpha value is -0.860. The van der Waals surface area contributed by atoms with E-state index in [1.807, 2.05) is 0 Å². The van der Waals surface area contributed by atoms with Crippen molar-refractivity contribution in [1.29, 1.82) is 0 Å². The van der Waals surface area contributed by atoms with Gasteiger partial charge in [0.1, 0.15) is 0 Å². The topological polar surface area (TPSA) is 35.2 Å². The SMILES string of the molecule is NC(C1Cc2ccccc2C1)C1CCOC2(CCCC2)C1. The molecular weight excluding hydrogens is 258 g/mol. The molecule has 2 atom stereocenters. The van der Waals surface area contributed by atoms with Gasteiger partial charge in [-0.15, -0.1) is 0 Å². The summed E-state index contributed by atoms with van der Waals surface area (Å²) >= 11 is 0. The minimum Gasteiger partial charge on any atom is -0.375 e. The number of benzene rings is 1. The quantitative estimate of drug-likeness (QED) is 0.903. The van der Waals surface area contributed by atoms with E-state index in [9.17, 15) is 0 Å². The number of nitrogens with two attached hydrogens (primary N) is 1. The van der Waals surface area contributed by atoms with E-state index in [2.05, 4.69) is 24.3 Å². The molecule has 4 rings (SSSR count). The molecule has 1 aromatic rings. The van der Waals surface area contributed by atoms with Gasteiger partial charge in [-0.2, -0.15) is 0 Å². The fourth-order valence-electron chi connectivity index (χ4n) is 5.01. The summed E-state index contributed by atoms with van der Waals surface area (Å²) in [6.45, 7) is 0.929. The Balaban J connectivity index is 1.45. The molecule has 21 heavy (non-hydrogen) atoms. The van der Waals surface area contributed by atoms with E-state index in [0.29, 0.717) is 17.9 Å². The minimum atomic E-state index is 0.200. The summed E-state index contributed by atoms with van der Waals surface area (Å²) in [6, 6.07) is 9.23. The molecule has 0 aromatic heterocycles. The van der Waals surface area contributed by atoms with Gasteiger partial charge in [0.2, 0.25) is 0 Å². The third kappa shape index (κ3) is 2.53. The van der Waals surface area contributed by atoms with Crippen LogP contribution in [0.2, 0.25) is 0 Å². The van der Waals surface area contributed by atoms with E-state index in [-0.39, 0.29) is 5.60 Å². The summed E-state index contributed by atoms with van der Waals surface area (Å²) in [5, 5.41) is 0. The van der Waals surface area contributed by atoms with Crippen LogP contribution in [0, 0.1) is 11.8 Å². The van der Waals surface area contributed by atoms with Crippen LogP contribution >= 0.6 is 0 Å². The second-order valence-electron chi connectivity index (χ2n) is 7.51. The van der Waals surface area contributed by atoms with Crippen molar-refractivity contribution in [2.75, 3.05) is 6.61 Å². The number of ether oxygens (including phenoxy) is 1. The highest BCUT2D eigenvalue weighted by Crippen LogP contribution is 2.44. The molecule has 2 unspecified atom stereocenters. The van der Waals surface area contributed by atoms with Gasteiger partial charge in [0.25, 0.3) is 0 Å². The Kier molecular flexibility index (Phi) is 3.55. The molecule has 0 amide bonds. The zero-order chi connectivity index (χ0) is 14.3. The second-order valence-corrected chi connectivity index (χ2v) is 7.51. The van der Waals surface area contributed by atoms with Crippen LogP contribution in [0.25, 0.3) is 0 Å². The molecule has 0 radical (unpaired) electrons. The second kappa shape index (κ2) is 5.40. The Morgan fingerprint density at radius 3 is 2.38 bits per heavy atom. The summed E-state index contributed by atoms with van der Waals surface area (Å²) in [5.74, 6) is 1.31. The molecular formula is C19H27NO. The maximum atomic E-state index is 6.73. The summed E-state index contributed by atoms with van der Waals surface area (Å²) in [7, 11) is 0. The molecule has 1 heterocycles. The van der Waals surface area contributed by atoms with Crippen molar-refractivity contribution in [1.82, 2.24) is 0 Å². The summed E-state index contributed by atoms with van der Waals surface area (Å²) in [5.41, 5.74) is 9.99. The van der Waals surface area contributed by atoms with Crippen molar-refractivity contribution in [2.45, 2.75) is 63.0 Å². The summed E-state index contributed by atoms with van der Waals surface area (Å²) in [4.78, 5) is 0. The molecule has 0 bridgehead atoms. The van der Waals surface area contributed by atoms with Gasteiger partial charge in [-0.05, 0) is 61.5 Å². The fourth-order valence-corrected chi connectivity index (χ4v) is 5.01. The minimum absolute atomic E-state index is 0.200. The largest absolute Gasteiger partial charge is 0.375 e. The monoisotopic (exact) mass is 285 g/mol. The van der Waals surface area contributed by atoms with Gasteiger partial charge in [-0.25, -0.2) is 0 Å². The van der Waals surface area contributed by atoms with Crippen molar-refractivity contribution in [3.63, 3.8) is 0 Å². The first kappa shape index (κ1) is 13.8. The van der Waals surface area contributed by atoms with Crippen LogP contribution < -0.4 is 5.73 Å². The molecule has 1 saturated carbocycles. The lowest BCUT2D eigenvalue weighted by Crippen LogP contribution is -2.46. The van der Waals surface area contributed by atoms with E-state index in [1.165, 1.54) is 56.1 Å². The third-order valence-electron chi connectivity index (χ3n) is 6.22. The fraction of sp³-hybridized carbons (Fsp3) is 0.684. The van der Waals surface area contributed by atoms with Crippen LogP contribution in [-0.4, -0.2) is 18.2 Å². The molecule has 2 aliphatic carbocycles. The van der Waals surface area contributed by atoms with Crippen LogP contribution in [0.3, 0.4) is 0 Å². The standard InChI is InChI=1S/C19H27NO/c20-18(17-11-14-5-1-2-6-15(14)12-17)16-7-10-21-19(13-16)8-3-4-9-19/h1-2,5-6,16-18H,3-4,7-13,20H2. The highest BCUT2D eigenvalue weighted by Gasteiger charge is 2.43. The lowest BCUT2D eigenvalue weighted by atomic mass is 9.76. The van der Waals surface area contributed by atoms with Crippen LogP contribution in [0.4, 0.5) is 0 Å². The molecule has 2 N–H and O–H groups in total. The lowest BCUT2D eigenvalue weighted by molar-refractivity contribution is -0.0985. The molecule has 2 heteroatoms. The molecule has 1 aliphatic heterocycles. The van der Waals surface area contributed by atoms with Crippen LogP contribution in [0.1, 0.15) is 49.7 Å². The molecule has 2 fully saturated rings. The Labute approximate surface area is 128 Å². The Morgan fingerprint density at radius 2 is 1.71 bits per heavy atom. The highest BCUT2D eigenvalue weighted by atomic mass is 16.5. The van der Waals surface area contributed by atoms with E-state index >= 15 is 0 Å². The van der Waals surface area contributed by atoms with Gasteiger partial charge in [0.15, 0.2) is 0 Å². The maximum absolute atomic E-state index is 6.73. The van der Waals surface area contributed by atoms with Crippen LogP contribution in [-0.2, 0) is 17.6 Å².